The Morgan fingerprint density at radius 1 is 1.00 bits per heavy atom. The fraction of sp³-hybridized carbons (Fsp3) is 0.480. The fourth-order valence-corrected chi connectivity index (χ4v) is 3.96. The van der Waals surface area contributed by atoms with Crippen molar-refractivity contribution in [3.05, 3.63) is 48.0 Å². The topological polar surface area (TPSA) is 73.3 Å². The van der Waals surface area contributed by atoms with E-state index in [1.807, 2.05) is 37.3 Å². The Labute approximate surface area is 191 Å². The van der Waals surface area contributed by atoms with Crippen LogP contribution in [0.1, 0.15) is 32.3 Å². The average molecular weight is 442 g/mol. The van der Waals surface area contributed by atoms with Crippen LogP contribution in [-0.4, -0.2) is 53.1 Å². The second-order valence-corrected chi connectivity index (χ2v) is 7.74. The van der Waals surface area contributed by atoms with E-state index < -0.39 is 0 Å². The molecule has 0 amide bonds. The lowest BCUT2D eigenvalue weighted by atomic mass is 9.74. The lowest BCUT2D eigenvalue weighted by Crippen LogP contribution is -2.39. The smallest absolute Gasteiger partial charge is 0.195 e. The lowest BCUT2D eigenvalue weighted by Gasteiger charge is -2.36. The first-order chi connectivity index (χ1) is 15.6. The van der Waals surface area contributed by atoms with Crippen LogP contribution in [0.25, 0.3) is 0 Å². The molecule has 0 aromatic heterocycles. The van der Waals surface area contributed by atoms with Crippen LogP contribution in [0.3, 0.4) is 0 Å². The van der Waals surface area contributed by atoms with Gasteiger partial charge in [-0.3, -0.25) is 4.99 Å². The third kappa shape index (κ3) is 5.85. The van der Waals surface area contributed by atoms with Crippen molar-refractivity contribution in [2.24, 2.45) is 4.99 Å². The Balaban J connectivity index is 1.82. The van der Waals surface area contributed by atoms with E-state index in [1.165, 1.54) is 5.56 Å². The number of benzene rings is 2. The zero-order chi connectivity index (χ0) is 22.8. The van der Waals surface area contributed by atoms with Crippen LogP contribution in [-0.2, 0) is 10.2 Å². The summed E-state index contributed by atoms with van der Waals surface area (Å²) in [5.74, 6) is 2.99. The minimum absolute atomic E-state index is 0.0665. The van der Waals surface area contributed by atoms with Crippen molar-refractivity contribution in [2.45, 2.75) is 32.1 Å². The predicted octanol–water partition coefficient (Wildman–Crippen LogP) is 4.23. The summed E-state index contributed by atoms with van der Waals surface area (Å²) in [6.45, 7) is 7.62. The van der Waals surface area contributed by atoms with Crippen molar-refractivity contribution < 1.29 is 18.9 Å². The predicted molar refractivity (Wildman–Crippen MR) is 128 cm³/mol. The van der Waals surface area contributed by atoms with Crippen LogP contribution >= 0.6 is 0 Å². The first-order valence-corrected chi connectivity index (χ1v) is 11.2. The lowest BCUT2D eigenvalue weighted by molar-refractivity contribution is 0.0531. The second kappa shape index (κ2) is 11.6. The van der Waals surface area contributed by atoms with Crippen LogP contribution in [0.2, 0.25) is 0 Å². The molecule has 32 heavy (non-hydrogen) atoms. The van der Waals surface area contributed by atoms with Gasteiger partial charge in [0, 0.05) is 36.9 Å². The van der Waals surface area contributed by atoms with Crippen LogP contribution in [0.5, 0.6) is 17.2 Å². The third-order valence-corrected chi connectivity index (χ3v) is 5.76. The zero-order valence-corrected chi connectivity index (χ0v) is 19.6. The zero-order valence-electron chi connectivity index (χ0n) is 19.6. The Kier molecular flexibility index (Phi) is 8.62. The quantitative estimate of drug-likeness (QED) is 0.448. The molecule has 0 atom stereocenters. The number of hydrogen-bond donors (Lipinski definition) is 2. The summed E-state index contributed by atoms with van der Waals surface area (Å²) in [4.78, 5) is 4.97. The van der Waals surface area contributed by atoms with E-state index in [2.05, 4.69) is 29.7 Å². The van der Waals surface area contributed by atoms with Crippen molar-refractivity contribution in [3.63, 3.8) is 0 Å². The highest BCUT2D eigenvalue weighted by molar-refractivity contribution is 5.94. The Hall–Kier alpha value is -2.93. The van der Waals surface area contributed by atoms with E-state index in [-0.39, 0.29) is 5.41 Å². The van der Waals surface area contributed by atoms with Crippen LogP contribution in [0.15, 0.2) is 47.5 Å². The number of nitrogens with one attached hydrogen (secondary N) is 2. The molecular formula is C25H35N3O4. The first-order valence-electron chi connectivity index (χ1n) is 11.2. The van der Waals surface area contributed by atoms with Gasteiger partial charge in [-0.05, 0) is 56.5 Å². The summed E-state index contributed by atoms with van der Waals surface area (Å²) in [6.07, 6.45) is 1.86. The second-order valence-electron chi connectivity index (χ2n) is 7.74. The number of nitrogens with zero attached hydrogens (tertiary/aromatic N) is 1. The van der Waals surface area contributed by atoms with Crippen LogP contribution in [0, 0.1) is 0 Å². The molecule has 0 spiro atoms. The van der Waals surface area contributed by atoms with Crippen molar-refractivity contribution in [2.75, 3.05) is 52.4 Å². The molecule has 1 saturated heterocycles. The van der Waals surface area contributed by atoms with E-state index in [4.69, 9.17) is 23.9 Å². The van der Waals surface area contributed by atoms with Crippen molar-refractivity contribution in [3.8, 4) is 17.2 Å². The summed E-state index contributed by atoms with van der Waals surface area (Å²) >= 11 is 0. The average Bonchev–Trinajstić information content (AvgIpc) is 2.84. The summed E-state index contributed by atoms with van der Waals surface area (Å²) in [5, 5.41) is 6.74. The van der Waals surface area contributed by atoms with Gasteiger partial charge in [-0.25, -0.2) is 0 Å². The summed E-state index contributed by atoms with van der Waals surface area (Å²) in [6, 6.07) is 14.2. The normalized spacial score (nSPS) is 15.7. The number of anilines is 1. The molecule has 0 bridgehead atoms. The third-order valence-electron chi connectivity index (χ3n) is 5.76. The van der Waals surface area contributed by atoms with Gasteiger partial charge in [0.15, 0.2) is 17.5 Å². The number of ether oxygens (including phenoxy) is 4. The standard InChI is InChI=1S/C25H35N3O4/c1-5-26-24(28-20-9-12-22(29-3)23(17-20)30-4)27-18-25(13-15-31-16-14-25)19-7-10-21(11-8-19)32-6-2/h7-12,17H,5-6,13-16,18H2,1-4H3,(H2,26,27,28). The van der Waals surface area contributed by atoms with E-state index in [1.54, 1.807) is 14.2 Å². The maximum absolute atomic E-state index is 5.68. The van der Waals surface area contributed by atoms with Gasteiger partial charge in [0.05, 0.1) is 27.4 Å². The molecule has 0 aliphatic carbocycles. The van der Waals surface area contributed by atoms with Crippen LogP contribution < -0.4 is 24.8 Å². The molecule has 0 radical (unpaired) electrons. The number of methoxy groups -OCH3 is 2. The van der Waals surface area contributed by atoms with Crippen molar-refractivity contribution in [1.82, 2.24) is 5.32 Å². The molecule has 1 fully saturated rings. The van der Waals surface area contributed by atoms with Gasteiger partial charge in [0.2, 0.25) is 0 Å². The number of rotatable bonds is 9. The van der Waals surface area contributed by atoms with Gasteiger partial charge in [-0.1, -0.05) is 12.1 Å². The van der Waals surface area contributed by atoms with Gasteiger partial charge in [0.1, 0.15) is 5.75 Å². The number of guanidine groups is 1. The molecule has 1 aliphatic rings. The molecule has 0 unspecified atom stereocenters. The SMILES string of the molecule is CCNC(=NCC1(c2ccc(OCC)cc2)CCOCC1)Nc1ccc(OC)c(OC)c1. The molecular weight excluding hydrogens is 406 g/mol. The van der Waals surface area contributed by atoms with E-state index in [0.29, 0.717) is 24.7 Å². The monoisotopic (exact) mass is 441 g/mol. The number of aliphatic imine (C=N–C) groups is 1. The largest absolute Gasteiger partial charge is 0.494 e. The Morgan fingerprint density at radius 3 is 2.34 bits per heavy atom. The maximum Gasteiger partial charge on any atom is 0.195 e. The molecule has 0 saturated carbocycles. The molecule has 2 aromatic rings. The molecule has 7 heteroatoms. The fourth-order valence-electron chi connectivity index (χ4n) is 3.96. The first kappa shape index (κ1) is 23.7. The Bertz CT molecular complexity index is 877. The summed E-state index contributed by atoms with van der Waals surface area (Å²) in [5.41, 5.74) is 2.09. The molecule has 7 nitrogen and oxygen atoms in total. The van der Waals surface area contributed by atoms with Crippen LogP contribution in [0.4, 0.5) is 5.69 Å². The highest BCUT2D eigenvalue weighted by atomic mass is 16.5. The molecule has 1 aliphatic heterocycles. The van der Waals surface area contributed by atoms with Gasteiger partial charge in [-0.2, -0.15) is 0 Å². The molecule has 174 valence electrons. The minimum Gasteiger partial charge on any atom is -0.494 e. The summed E-state index contributed by atoms with van der Waals surface area (Å²) < 4.78 is 22.1. The van der Waals surface area contributed by atoms with E-state index in [0.717, 1.165) is 50.0 Å². The van der Waals surface area contributed by atoms with Gasteiger partial charge < -0.3 is 29.6 Å². The summed E-state index contributed by atoms with van der Waals surface area (Å²) in [7, 11) is 3.26. The Morgan fingerprint density at radius 2 is 1.72 bits per heavy atom. The van der Waals surface area contributed by atoms with Crippen molar-refractivity contribution in [1.29, 1.82) is 0 Å². The maximum atomic E-state index is 5.68. The van der Waals surface area contributed by atoms with E-state index in [9.17, 15) is 0 Å². The van der Waals surface area contributed by atoms with Gasteiger partial charge in [0.25, 0.3) is 0 Å². The molecule has 2 aromatic carbocycles. The minimum atomic E-state index is -0.0665. The van der Waals surface area contributed by atoms with Gasteiger partial charge in [-0.15, -0.1) is 0 Å². The molecule has 2 N–H and O–H groups in total. The van der Waals surface area contributed by atoms with E-state index >= 15 is 0 Å². The molecule has 3 rings (SSSR count). The highest BCUT2D eigenvalue weighted by Crippen LogP contribution is 2.36. The number of hydrogen-bond acceptors (Lipinski definition) is 5. The van der Waals surface area contributed by atoms with Gasteiger partial charge >= 0.3 is 0 Å². The van der Waals surface area contributed by atoms with Crippen molar-refractivity contribution >= 4 is 11.6 Å². The highest BCUT2D eigenvalue weighted by Gasteiger charge is 2.34. The molecule has 1 heterocycles.